The number of aromatic nitrogens is 2. The minimum absolute atomic E-state index is 0. The molecule has 11 heavy (non-hydrogen) atoms. The van der Waals surface area contributed by atoms with Gasteiger partial charge in [-0.15, -0.1) is 12.4 Å². The van der Waals surface area contributed by atoms with Crippen LogP contribution < -0.4 is 0 Å². The second-order valence-electron chi connectivity index (χ2n) is 2.77. The van der Waals surface area contributed by atoms with Crippen LogP contribution in [0, 0.1) is 0 Å². The minimum Gasteiger partial charge on any atom is -0.326 e. The summed E-state index contributed by atoms with van der Waals surface area (Å²) >= 11 is 3.41. The molecule has 0 aliphatic heterocycles. The summed E-state index contributed by atoms with van der Waals surface area (Å²) in [6.45, 7) is 0. The molecular weight excluding hydrogens is 227 g/mol. The van der Waals surface area contributed by atoms with Crippen molar-refractivity contribution in [3.05, 3.63) is 16.6 Å². The van der Waals surface area contributed by atoms with E-state index in [0.717, 1.165) is 10.5 Å². The maximum Gasteiger partial charge on any atom is 0.112 e. The summed E-state index contributed by atoms with van der Waals surface area (Å²) in [6, 6.07) is 0. The van der Waals surface area contributed by atoms with Gasteiger partial charge in [-0.05, 0) is 28.8 Å². The molecule has 0 aromatic carbocycles. The third-order valence-corrected chi connectivity index (χ3v) is 2.65. The van der Waals surface area contributed by atoms with Gasteiger partial charge in [-0.2, -0.15) is 0 Å². The van der Waals surface area contributed by atoms with Gasteiger partial charge in [0.1, 0.15) is 10.4 Å². The molecule has 1 fully saturated rings. The molecule has 1 saturated carbocycles. The summed E-state index contributed by atoms with van der Waals surface area (Å²) in [4.78, 5) is 4.29. The first-order valence-electron chi connectivity index (χ1n) is 3.46. The molecule has 1 aromatic heterocycles. The lowest BCUT2D eigenvalue weighted by molar-refractivity contribution is 0.786. The molecule has 0 N–H and O–H groups in total. The molecule has 1 aromatic rings. The fourth-order valence-electron chi connectivity index (χ4n) is 1.12. The third-order valence-electron chi connectivity index (χ3n) is 1.91. The van der Waals surface area contributed by atoms with Crippen LogP contribution in [0.25, 0.3) is 0 Å². The Morgan fingerprint density at radius 2 is 2.27 bits per heavy atom. The standard InChI is InChI=1S/C7H9BrN2.ClH/c1-10-6(8)4-9-7(10)5-2-3-5;/h4-5H,2-3H2,1H3;1H. The third kappa shape index (κ3) is 1.59. The van der Waals surface area contributed by atoms with Crippen LogP contribution in [0.1, 0.15) is 24.6 Å². The first-order valence-corrected chi connectivity index (χ1v) is 4.25. The van der Waals surface area contributed by atoms with E-state index >= 15 is 0 Å². The highest BCUT2D eigenvalue weighted by Crippen LogP contribution is 2.39. The fraction of sp³-hybridized carbons (Fsp3) is 0.571. The van der Waals surface area contributed by atoms with Crippen molar-refractivity contribution in [3.63, 3.8) is 0 Å². The number of hydrogen-bond donors (Lipinski definition) is 0. The smallest absolute Gasteiger partial charge is 0.112 e. The molecule has 2 rings (SSSR count). The van der Waals surface area contributed by atoms with Crippen molar-refractivity contribution in [3.8, 4) is 0 Å². The normalized spacial score (nSPS) is 16.2. The highest BCUT2D eigenvalue weighted by Gasteiger charge is 2.27. The Hall–Kier alpha value is -0.0200. The van der Waals surface area contributed by atoms with Crippen molar-refractivity contribution in [2.45, 2.75) is 18.8 Å². The lowest BCUT2D eigenvalue weighted by Crippen LogP contribution is -1.94. The zero-order chi connectivity index (χ0) is 7.14. The number of imidazole rings is 1. The first kappa shape index (κ1) is 9.07. The van der Waals surface area contributed by atoms with E-state index < -0.39 is 0 Å². The van der Waals surface area contributed by atoms with E-state index in [2.05, 4.69) is 25.5 Å². The minimum atomic E-state index is 0. The molecule has 1 heterocycles. The molecule has 0 unspecified atom stereocenters. The zero-order valence-electron chi connectivity index (χ0n) is 6.25. The Kier molecular flexibility index (Phi) is 2.60. The van der Waals surface area contributed by atoms with E-state index in [9.17, 15) is 0 Å². The highest BCUT2D eigenvalue weighted by molar-refractivity contribution is 9.10. The number of rotatable bonds is 1. The molecule has 0 bridgehead atoms. The summed E-state index contributed by atoms with van der Waals surface area (Å²) in [7, 11) is 2.05. The van der Waals surface area contributed by atoms with Gasteiger partial charge >= 0.3 is 0 Å². The summed E-state index contributed by atoms with van der Waals surface area (Å²) < 4.78 is 3.19. The summed E-state index contributed by atoms with van der Waals surface area (Å²) in [5, 5.41) is 0. The second-order valence-corrected chi connectivity index (χ2v) is 3.58. The molecule has 0 amide bonds. The maximum atomic E-state index is 4.29. The molecule has 0 atom stereocenters. The Bertz CT molecular complexity index is 255. The van der Waals surface area contributed by atoms with Crippen LogP contribution in [-0.4, -0.2) is 9.55 Å². The van der Waals surface area contributed by atoms with Crippen molar-refractivity contribution >= 4 is 28.3 Å². The Morgan fingerprint density at radius 1 is 1.64 bits per heavy atom. The van der Waals surface area contributed by atoms with Crippen LogP contribution in [0.15, 0.2) is 10.8 Å². The summed E-state index contributed by atoms with van der Waals surface area (Å²) in [5.74, 6) is 1.98. The number of hydrogen-bond acceptors (Lipinski definition) is 1. The van der Waals surface area contributed by atoms with Gasteiger partial charge in [0.15, 0.2) is 0 Å². The van der Waals surface area contributed by atoms with Crippen LogP contribution in [0.2, 0.25) is 0 Å². The van der Waals surface area contributed by atoms with Crippen molar-refractivity contribution in [2.24, 2.45) is 7.05 Å². The largest absolute Gasteiger partial charge is 0.326 e. The van der Waals surface area contributed by atoms with Crippen LogP contribution in [0.5, 0.6) is 0 Å². The monoisotopic (exact) mass is 236 g/mol. The van der Waals surface area contributed by atoms with Crippen molar-refractivity contribution in [2.75, 3.05) is 0 Å². The lowest BCUT2D eigenvalue weighted by Gasteiger charge is -1.97. The molecule has 0 radical (unpaired) electrons. The summed E-state index contributed by atoms with van der Waals surface area (Å²) in [6.07, 6.45) is 4.50. The van der Waals surface area contributed by atoms with Crippen LogP contribution >= 0.6 is 28.3 Å². The van der Waals surface area contributed by atoms with E-state index in [4.69, 9.17) is 0 Å². The molecule has 4 heteroatoms. The van der Waals surface area contributed by atoms with E-state index in [0.29, 0.717) is 0 Å². The van der Waals surface area contributed by atoms with Gasteiger partial charge in [-0.1, -0.05) is 0 Å². The quantitative estimate of drug-likeness (QED) is 0.734. The number of halogens is 2. The molecule has 0 saturated heterocycles. The first-order chi connectivity index (χ1) is 4.79. The average Bonchev–Trinajstić information content (AvgIpc) is 2.67. The van der Waals surface area contributed by atoms with Gasteiger partial charge in [0, 0.05) is 13.0 Å². The predicted molar refractivity (Wildman–Crippen MR) is 50.1 cm³/mol. The van der Waals surface area contributed by atoms with Crippen LogP contribution in [-0.2, 0) is 7.05 Å². The SMILES string of the molecule is Cl.Cn1c(Br)cnc1C1CC1. The Morgan fingerprint density at radius 3 is 2.64 bits per heavy atom. The Balaban J connectivity index is 0.000000605. The van der Waals surface area contributed by atoms with Gasteiger partial charge in [0.25, 0.3) is 0 Å². The van der Waals surface area contributed by atoms with Crippen LogP contribution in [0.4, 0.5) is 0 Å². The summed E-state index contributed by atoms with van der Waals surface area (Å²) in [5.41, 5.74) is 0. The lowest BCUT2D eigenvalue weighted by atomic mass is 10.4. The van der Waals surface area contributed by atoms with E-state index in [-0.39, 0.29) is 12.4 Å². The molecule has 62 valence electrons. The molecule has 1 aliphatic carbocycles. The molecule has 1 aliphatic rings. The van der Waals surface area contributed by atoms with E-state index in [1.165, 1.54) is 18.7 Å². The second kappa shape index (κ2) is 3.15. The van der Waals surface area contributed by atoms with Crippen LogP contribution in [0.3, 0.4) is 0 Å². The zero-order valence-corrected chi connectivity index (χ0v) is 8.65. The van der Waals surface area contributed by atoms with E-state index in [1.807, 2.05) is 13.2 Å². The van der Waals surface area contributed by atoms with Crippen molar-refractivity contribution < 1.29 is 0 Å². The van der Waals surface area contributed by atoms with Crippen molar-refractivity contribution in [1.29, 1.82) is 0 Å². The average molecular weight is 238 g/mol. The molecular formula is C7H10BrClN2. The predicted octanol–water partition coefficient (Wildman–Crippen LogP) is 2.48. The van der Waals surface area contributed by atoms with E-state index in [1.54, 1.807) is 0 Å². The van der Waals surface area contributed by atoms with Gasteiger partial charge in [-0.25, -0.2) is 4.98 Å². The van der Waals surface area contributed by atoms with Gasteiger partial charge in [0.2, 0.25) is 0 Å². The number of nitrogens with zero attached hydrogens (tertiary/aromatic N) is 2. The topological polar surface area (TPSA) is 17.8 Å². The highest BCUT2D eigenvalue weighted by atomic mass is 79.9. The Labute approximate surface area is 80.5 Å². The van der Waals surface area contributed by atoms with Gasteiger partial charge in [0.05, 0.1) is 6.20 Å². The molecule has 0 spiro atoms. The fourth-order valence-corrected chi connectivity index (χ4v) is 1.41. The maximum absolute atomic E-state index is 4.29. The van der Waals surface area contributed by atoms with Crippen molar-refractivity contribution in [1.82, 2.24) is 9.55 Å². The molecule has 2 nitrogen and oxygen atoms in total. The van der Waals surface area contributed by atoms with Gasteiger partial charge < -0.3 is 4.57 Å². The van der Waals surface area contributed by atoms with Gasteiger partial charge in [-0.3, -0.25) is 0 Å².